The molecule has 1 aromatic rings. The van der Waals surface area contributed by atoms with Crippen LogP contribution in [-0.4, -0.2) is 42.4 Å². The summed E-state index contributed by atoms with van der Waals surface area (Å²) in [6.45, 7) is 1.00. The molecule has 5 nitrogen and oxygen atoms in total. The van der Waals surface area contributed by atoms with E-state index in [1.54, 1.807) is 0 Å². The first-order chi connectivity index (χ1) is 9.59. The molecule has 2 rings (SSSR count). The second kappa shape index (κ2) is 6.83. The Bertz CT molecular complexity index is 430. The minimum absolute atomic E-state index is 0.199. The quantitative estimate of drug-likeness (QED) is 0.694. The second-order valence-electron chi connectivity index (χ2n) is 5.38. The first kappa shape index (κ1) is 15.0. The van der Waals surface area contributed by atoms with Gasteiger partial charge in [0.15, 0.2) is 0 Å². The first-order valence-electron chi connectivity index (χ1n) is 6.96. The van der Waals surface area contributed by atoms with Crippen molar-refractivity contribution in [2.75, 3.05) is 19.8 Å². The van der Waals surface area contributed by atoms with Crippen molar-refractivity contribution in [2.24, 2.45) is 5.73 Å². The van der Waals surface area contributed by atoms with E-state index in [-0.39, 0.29) is 19.1 Å². The topological polar surface area (TPSA) is 84.6 Å². The van der Waals surface area contributed by atoms with Gasteiger partial charge in [-0.1, -0.05) is 30.3 Å². The van der Waals surface area contributed by atoms with Gasteiger partial charge in [-0.3, -0.25) is 4.79 Å². The van der Waals surface area contributed by atoms with Gasteiger partial charge in [0.25, 0.3) is 0 Å². The molecule has 1 fully saturated rings. The van der Waals surface area contributed by atoms with Gasteiger partial charge in [-0.2, -0.15) is 0 Å². The number of benzene rings is 1. The Morgan fingerprint density at radius 2 is 2.20 bits per heavy atom. The molecule has 2 atom stereocenters. The summed E-state index contributed by atoms with van der Waals surface area (Å²) in [5.74, 6) is -0.221. The highest BCUT2D eigenvalue weighted by Crippen LogP contribution is 2.16. The molecule has 0 radical (unpaired) electrons. The van der Waals surface area contributed by atoms with Crippen molar-refractivity contribution < 1.29 is 14.6 Å². The van der Waals surface area contributed by atoms with Gasteiger partial charge in [-0.25, -0.2) is 0 Å². The Morgan fingerprint density at radius 3 is 2.85 bits per heavy atom. The van der Waals surface area contributed by atoms with Crippen molar-refractivity contribution in [3.05, 3.63) is 35.9 Å². The highest BCUT2D eigenvalue weighted by molar-refractivity contribution is 5.81. The Hall–Kier alpha value is -1.43. The molecule has 1 aliphatic heterocycles. The van der Waals surface area contributed by atoms with Crippen LogP contribution in [0.4, 0.5) is 0 Å². The van der Waals surface area contributed by atoms with Crippen LogP contribution in [0.1, 0.15) is 18.4 Å². The van der Waals surface area contributed by atoms with Crippen LogP contribution in [0.3, 0.4) is 0 Å². The Morgan fingerprint density at radius 1 is 1.45 bits per heavy atom. The van der Waals surface area contributed by atoms with Gasteiger partial charge >= 0.3 is 0 Å². The lowest BCUT2D eigenvalue weighted by Gasteiger charge is -2.22. The summed E-state index contributed by atoms with van der Waals surface area (Å²) in [4.78, 5) is 11.9. The number of hydrogen-bond donors (Lipinski definition) is 3. The fourth-order valence-electron chi connectivity index (χ4n) is 2.22. The molecular formula is C15H22N2O3. The van der Waals surface area contributed by atoms with Crippen LogP contribution in [-0.2, 0) is 16.0 Å². The number of nitrogens with two attached hydrogens (primary N) is 1. The van der Waals surface area contributed by atoms with Gasteiger partial charge in [0.1, 0.15) is 5.60 Å². The van der Waals surface area contributed by atoms with E-state index in [9.17, 15) is 9.90 Å². The highest BCUT2D eigenvalue weighted by atomic mass is 16.5. The van der Waals surface area contributed by atoms with E-state index in [0.717, 1.165) is 6.42 Å². The molecule has 1 saturated heterocycles. The number of amides is 1. The lowest BCUT2D eigenvalue weighted by Crippen LogP contribution is -2.48. The van der Waals surface area contributed by atoms with Crippen molar-refractivity contribution >= 4 is 5.91 Å². The number of rotatable bonds is 6. The van der Waals surface area contributed by atoms with Gasteiger partial charge in [0.05, 0.1) is 12.6 Å². The highest BCUT2D eigenvalue weighted by Gasteiger charge is 2.32. The minimum Gasteiger partial charge on any atom is -0.386 e. The average molecular weight is 278 g/mol. The third-order valence-electron chi connectivity index (χ3n) is 3.60. The molecule has 5 heteroatoms. The molecular weight excluding hydrogens is 256 g/mol. The van der Waals surface area contributed by atoms with E-state index in [1.807, 2.05) is 30.3 Å². The van der Waals surface area contributed by atoms with Crippen LogP contribution in [0.15, 0.2) is 30.3 Å². The fourth-order valence-corrected chi connectivity index (χ4v) is 2.22. The maximum atomic E-state index is 11.9. The molecule has 1 aliphatic rings. The van der Waals surface area contributed by atoms with Crippen molar-refractivity contribution in [3.8, 4) is 0 Å². The van der Waals surface area contributed by atoms with Crippen LogP contribution < -0.4 is 11.1 Å². The van der Waals surface area contributed by atoms with Crippen LogP contribution in [0.2, 0.25) is 0 Å². The van der Waals surface area contributed by atoms with Crippen molar-refractivity contribution in [1.82, 2.24) is 5.32 Å². The predicted molar refractivity (Wildman–Crippen MR) is 76.1 cm³/mol. The zero-order valence-electron chi connectivity index (χ0n) is 11.5. The SMILES string of the molecule is N[C@@H](CCc1ccccc1)C(=O)NCC1(O)CCOC1. The normalized spacial score (nSPS) is 23.5. The summed E-state index contributed by atoms with van der Waals surface area (Å²) in [6, 6.07) is 9.38. The summed E-state index contributed by atoms with van der Waals surface area (Å²) in [7, 11) is 0. The monoisotopic (exact) mass is 278 g/mol. The van der Waals surface area contributed by atoms with Crippen LogP contribution >= 0.6 is 0 Å². The molecule has 1 aromatic carbocycles. The Kier molecular flexibility index (Phi) is 5.11. The molecule has 1 heterocycles. The van der Waals surface area contributed by atoms with Crippen molar-refractivity contribution in [3.63, 3.8) is 0 Å². The molecule has 0 saturated carbocycles. The van der Waals surface area contributed by atoms with Crippen LogP contribution in [0.25, 0.3) is 0 Å². The van der Waals surface area contributed by atoms with Crippen molar-refractivity contribution in [1.29, 1.82) is 0 Å². The van der Waals surface area contributed by atoms with Crippen LogP contribution in [0.5, 0.6) is 0 Å². The first-order valence-corrected chi connectivity index (χ1v) is 6.96. The summed E-state index contributed by atoms with van der Waals surface area (Å²) in [6.07, 6.45) is 1.90. The number of aliphatic hydroxyl groups is 1. The van der Waals surface area contributed by atoms with E-state index in [1.165, 1.54) is 5.56 Å². The summed E-state index contributed by atoms with van der Waals surface area (Å²) in [5, 5.41) is 12.8. The minimum atomic E-state index is -0.936. The van der Waals surface area contributed by atoms with E-state index in [4.69, 9.17) is 10.5 Å². The second-order valence-corrected chi connectivity index (χ2v) is 5.38. The molecule has 20 heavy (non-hydrogen) atoms. The van der Waals surface area contributed by atoms with Gasteiger partial charge < -0.3 is 20.9 Å². The third kappa shape index (κ3) is 4.30. The zero-order valence-corrected chi connectivity index (χ0v) is 11.5. The van der Waals surface area contributed by atoms with Gasteiger partial charge in [-0.15, -0.1) is 0 Å². The van der Waals surface area contributed by atoms with Crippen molar-refractivity contribution in [2.45, 2.75) is 30.9 Å². The molecule has 110 valence electrons. The molecule has 0 aliphatic carbocycles. The van der Waals surface area contributed by atoms with E-state index >= 15 is 0 Å². The number of nitrogens with one attached hydrogen (secondary N) is 1. The standard InChI is InChI=1S/C15H22N2O3/c16-13(7-6-12-4-2-1-3-5-12)14(18)17-10-15(19)8-9-20-11-15/h1-5,13,19H,6-11,16H2,(H,17,18)/t13-,15?/m0/s1. The maximum absolute atomic E-state index is 11.9. The summed E-state index contributed by atoms with van der Waals surface area (Å²) >= 11 is 0. The summed E-state index contributed by atoms with van der Waals surface area (Å²) in [5.41, 5.74) is 6.10. The Balaban J connectivity index is 1.72. The van der Waals surface area contributed by atoms with Gasteiger partial charge in [0.2, 0.25) is 5.91 Å². The number of carbonyl (C=O) groups excluding carboxylic acids is 1. The van der Waals surface area contributed by atoms with E-state index < -0.39 is 11.6 Å². The molecule has 4 N–H and O–H groups in total. The average Bonchev–Trinajstić information content (AvgIpc) is 2.90. The number of ether oxygens (including phenoxy) is 1. The number of aryl methyl sites for hydroxylation is 1. The van der Waals surface area contributed by atoms with Gasteiger partial charge in [-0.05, 0) is 18.4 Å². The Labute approximate surface area is 119 Å². The van der Waals surface area contributed by atoms with E-state index in [2.05, 4.69) is 5.32 Å². The molecule has 1 amide bonds. The molecule has 0 bridgehead atoms. The predicted octanol–water partition coefficient (Wildman–Crippen LogP) is 0.214. The summed E-state index contributed by atoms with van der Waals surface area (Å²) < 4.78 is 5.13. The van der Waals surface area contributed by atoms with Crippen LogP contribution in [0, 0.1) is 0 Å². The smallest absolute Gasteiger partial charge is 0.237 e. The molecule has 0 spiro atoms. The molecule has 1 unspecified atom stereocenters. The fraction of sp³-hybridized carbons (Fsp3) is 0.533. The number of hydrogen-bond acceptors (Lipinski definition) is 4. The third-order valence-corrected chi connectivity index (χ3v) is 3.60. The lowest BCUT2D eigenvalue weighted by atomic mass is 10.0. The number of carbonyl (C=O) groups is 1. The van der Waals surface area contributed by atoms with Gasteiger partial charge in [0, 0.05) is 19.6 Å². The zero-order chi connectivity index (χ0) is 14.4. The maximum Gasteiger partial charge on any atom is 0.237 e. The largest absolute Gasteiger partial charge is 0.386 e. The van der Waals surface area contributed by atoms with E-state index in [0.29, 0.717) is 19.4 Å². The molecule has 0 aromatic heterocycles. The lowest BCUT2D eigenvalue weighted by molar-refractivity contribution is -0.123.